The van der Waals surface area contributed by atoms with E-state index in [1.807, 2.05) is 5.32 Å². The molecule has 2 aromatic carbocycles. The molecule has 1 atom stereocenters. The van der Waals surface area contributed by atoms with Crippen LogP contribution in [0.15, 0.2) is 52.3 Å². The van der Waals surface area contributed by atoms with Crippen molar-refractivity contribution in [2.75, 3.05) is 11.1 Å². The molecular weight excluding hydrogens is 492 g/mol. The molecule has 0 bridgehead atoms. The quantitative estimate of drug-likeness (QED) is 0.337. The summed E-state index contributed by atoms with van der Waals surface area (Å²) in [5.41, 5.74) is -4.83. The lowest BCUT2D eigenvalue weighted by Gasteiger charge is -2.40. The lowest BCUT2D eigenvalue weighted by atomic mass is 10.1. The number of thioether (sulfide) groups is 1. The van der Waals surface area contributed by atoms with Gasteiger partial charge in [-0.3, -0.25) is 4.79 Å². The minimum Gasteiger partial charge on any atom is -0.379 e. The van der Waals surface area contributed by atoms with Gasteiger partial charge in [-0.25, -0.2) is 0 Å². The molecule has 0 aromatic heterocycles. The highest BCUT2D eigenvalue weighted by molar-refractivity contribution is 8.45. The van der Waals surface area contributed by atoms with Gasteiger partial charge in [-0.15, -0.1) is 11.8 Å². The highest BCUT2D eigenvalue weighted by Gasteiger charge is 2.65. The Hall–Kier alpha value is -2.50. The zero-order chi connectivity index (χ0) is 24.7. The number of benzene rings is 2. The summed E-state index contributed by atoms with van der Waals surface area (Å²) in [5.74, 6) is -2.00. The number of rotatable bonds is 6. The Kier molecular flexibility index (Phi) is 6.06. The molecular formula is C18H14F8N2O2S2. The summed E-state index contributed by atoms with van der Waals surface area (Å²) in [6, 6.07) is 5.90. The van der Waals surface area contributed by atoms with Crippen LogP contribution in [-0.4, -0.2) is 22.4 Å². The summed E-state index contributed by atoms with van der Waals surface area (Å²) in [6.45, 7) is 0.889. The normalized spacial score (nSPS) is 16.3. The predicted octanol–water partition coefficient (Wildman–Crippen LogP) is 6.72. The number of carbonyl (C=O) groups excluding carboxylic acids is 1. The van der Waals surface area contributed by atoms with Gasteiger partial charge in [0.05, 0.1) is 22.9 Å². The summed E-state index contributed by atoms with van der Waals surface area (Å²) in [7, 11) is -9.94. The summed E-state index contributed by atoms with van der Waals surface area (Å²) < 4.78 is 104. The first kappa shape index (κ1) is 25.8. The van der Waals surface area contributed by atoms with Crippen LogP contribution >= 0.6 is 22.0 Å². The second-order valence-electron chi connectivity index (χ2n) is 6.83. The summed E-state index contributed by atoms with van der Waals surface area (Å²) in [6.07, 6.45) is -4.94. The molecule has 0 fully saturated rings. The van der Waals surface area contributed by atoms with Crippen molar-refractivity contribution in [3.05, 3.63) is 53.6 Å². The van der Waals surface area contributed by atoms with E-state index in [4.69, 9.17) is 5.26 Å². The smallest absolute Gasteiger partial charge is 0.379 e. The van der Waals surface area contributed by atoms with E-state index < -0.39 is 49.8 Å². The summed E-state index contributed by atoms with van der Waals surface area (Å²) in [5, 5.41) is 20.9. The van der Waals surface area contributed by atoms with Crippen molar-refractivity contribution in [3.8, 4) is 6.07 Å². The van der Waals surface area contributed by atoms with Gasteiger partial charge in [-0.2, -0.15) is 18.4 Å². The first-order chi connectivity index (χ1) is 14.2. The number of amides is 1. The summed E-state index contributed by atoms with van der Waals surface area (Å²) >= 11 is 0.419. The average Bonchev–Trinajstić information content (AvgIpc) is 2.64. The molecule has 2 aromatic rings. The molecule has 0 aliphatic heterocycles. The molecule has 1 amide bonds. The SMILES string of the molecule is CC(O)(CSc1cccc(S(F)(F)(F)(F)F)c1)C(=O)Nc1ccc(C#N)cc1C(F)(F)F. The molecule has 1 unspecified atom stereocenters. The van der Waals surface area contributed by atoms with Crippen LogP contribution in [0.5, 0.6) is 0 Å². The molecule has 176 valence electrons. The van der Waals surface area contributed by atoms with E-state index in [-0.39, 0.29) is 22.6 Å². The third-order valence-corrected chi connectivity index (χ3v) is 6.40. The Bertz CT molecular complexity index is 1090. The first-order valence-corrected chi connectivity index (χ1v) is 11.3. The van der Waals surface area contributed by atoms with Crippen LogP contribution in [0.1, 0.15) is 18.1 Å². The zero-order valence-corrected chi connectivity index (χ0v) is 17.5. The maximum atomic E-state index is 13.2. The van der Waals surface area contributed by atoms with Gasteiger partial charge in [-0.05, 0) is 43.3 Å². The molecule has 2 N–H and O–H groups in total. The molecule has 0 spiro atoms. The van der Waals surface area contributed by atoms with Gasteiger partial charge in [0.15, 0.2) is 0 Å². The van der Waals surface area contributed by atoms with Crippen molar-refractivity contribution in [2.24, 2.45) is 0 Å². The number of anilines is 1. The standard InChI is InChI=1S/C18H14F8N2O2S2/c1-17(30,10-31-12-3-2-4-13(8-12)32(22,23,24,25)26)16(29)28-15-6-5-11(9-27)7-14(15)18(19,20)21/h2-8,30H,10H2,1H3,(H,28,29). The fourth-order valence-electron chi connectivity index (χ4n) is 2.31. The largest absolute Gasteiger partial charge is 0.418 e. The molecule has 0 saturated heterocycles. The molecule has 0 aliphatic rings. The van der Waals surface area contributed by atoms with Gasteiger partial charge in [0, 0.05) is 10.6 Å². The highest BCUT2D eigenvalue weighted by atomic mass is 32.5. The van der Waals surface area contributed by atoms with E-state index in [2.05, 4.69) is 0 Å². The number of alkyl halides is 3. The molecule has 32 heavy (non-hydrogen) atoms. The fraction of sp³-hybridized carbons (Fsp3) is 0.222. The molecule has 14 heteroatoms. The minimum absolute atomic E-state index is 0.155. The first-order valence-electron chi connectivity index (χ1n) is 8.35. The Morgan fingerprint density at radius 1 is 1.12 bits per heavy atom. The fourth-order valence-corrected chi connectivity index (χ4v) is 4.03. The second kappa shape index (κ2) is 7.53. The third kappa shape index (κ3) is 6.50. The van der Waals surface area contributed by atoms with Crippen LogP contribution in [-0.2, 0) is 11.0 Å². The number of halogens is 8. The van der Waals surface area contributed by atoms with Crippen LogP contribution in [0.2, 0.25) is 0 Å². The van der Waals surface area contributed by atoms with Gasteiger partial charge < -0.3 is 10.4 Å². The lowest BCUT2D eigenvalue weighted by Crippen LogP contribution is -2.42. The number of hydrogen-bond acceptors (Lipinski definition) is 4. The molecule has 2 rings (SSSR count). The molecule has 0 radical (unpaired) electrons. The number of hydrogen-bond donors (Lipinski definition) is 2. The van der Waals surface area contributed by atoms with E-state index in [0.717, 1.165) is 31.2 Å². The summed E-state index contributed by atoms with van der Waals surface area (Å²) in [4.78, 5) is 9.81. The van der Waals surface area contributed by atoms with Crippen LogP contribution < -0.4 is 5.32 Å². The number of nitriles is 1. The maximum absolute atomic E-state index is 13.2. The van der Waals surface area contributed by atoms with Crippen molar-refractivity contribution in [1.29, 1.82) is 5.26 Å². The van der Waals surface area contributed by atoms with Crippen molar-refractivity contribution in [2.45, 2.75) is 28.5 Å². The Balaban J connectivity index is 2.21. The number of nitrogens with one attached hydrogen (secondary N) is 1. The van der Waals surface area contributed by atoms with Crippen LogP contribution in [0, 0.1) is 11.3 Å². The van der Waals surface area contributed by atoms with Crippen molar-refractivity contribution in [3.63, 3.8) is 0 Å². The number of nitrogens with zero attached hydrogens (tertiary/aromatic N) is 1. The van der Waals surface area contributed by atoms with Crippen molar-refractivity contribution >= 4 is 33.6 Å². The van der Waals surface area contributed by atoms with Gasteiger partial charge in [0.1, 0.15) is 10.5 Å². The lowest BCUT2D eigenvalue weighted by molar-refractivity contribution is -0.137. The molecule has 0 saturated carbocycles. The van der Waals surface area contributed by atoms with E-state index in [1.54, 1.807) is 0 Å². The minimum atomic E-state index is -9.94. The highest BCUT2D eigenvalue weighted by Crippen LogP contribution is 3.02. The van der Waals surface area contributed by atoms with Crippen molar-refractivity contribution < 1.29 is 42.5 Å². The Morgan fingerprint density at radius 2 is 1.75 bits per heavy atom. The van der Waals surface area contributed by atoms with E-state index in [9.17, 15) is 42.5 Å². The van der Waals surface area contributed by atoms with Crippen LogP contribution in [0.3, 0.4) is 0 Å². The number of aliphatic hydroxyl groups is 1. The van der Waals surface area contributed by atoms with Gasteiger partial charge in [-0.1, -0.05) is 25.5 Å². The van der Waals surface area contributed by atoms with Crippen molar-refractivity contribution in [1.82, 2.24) is 0 Å². The topological polar surface area (TPSA) is 73.1 Å². The Morgan fingerprint density at radius 3 is 2.28 bits per heavy atom. The van der Waals surface area contributed by atoms with Gasteiger partial charge >= 0.3 is 16.4 Å². The Labute approximate surface area is 180 Å². The van der Waals surface area contributed by atoms with Gasteiger partial charge in [0.2, 0.25) is 0 Å². The molecule has 4 nitrogen and oxygen atoms in total. The van der Waals surface area contributed by atoms with Crippen LogP contribution in [0.4, 0.5) is 38.3 Å². The zero-order valence-electron chi connectivity index (χ0n) is 15.9. The van der Waals surface area contributed by atoms with E-state index in [0.29, 0.717) is 17.8 Å². The molecule has 0 heterocycles. The van der Waals surface area contributed by atoms with Gasteiger partial charge in [0.25, 0.3) is 5.91 Å². The maximum Gasteiger partial charge on any atom is 0.418 e. The second-order valence-corrected chi connectivity index (χ2v) is 10.3. The number of carbonyl (C=O) groups is 1. The average molecular weight is 506 g/mol. The van der Waals surface area contributed by atoms with E-state index in [1.165, 1.54) is 6.07 Å². The third-order valence-electron chi connectivity index (χ3n) is 3.96. The molecule has 0 aliphatic carbocycles. The van der Waals surface area contributed by atoms with Crippen LogP contribution in [0.25, 0.3) is 0 Å². The monoisotopic (exact) mass is 506 g/mol. The predicted molar refractivity (Wildman–Crippen MR) is 104 cm³/mol. The van der Waals surface area contributed by atoms with E-state index >= 15 is 0 Å².